The summed E-state index contributed by atoms with van der Waals surface area (Å²) >= 11 is 0. The Morgan fingerprint density at radius 2 is 1.91 bits per heavy atom. The van der Waals surface area contributed by atoms with Gasteiger partial charge in [-0.2, -0.15) is 0 Å². The summed E-state index contributed by atoms with van der Waals surface area (Å²) in [4.78, 5) is 12.2. The van der Waals surface area contributed by atoms with Crippen molar-refractivity contribution < 1.29 is 19.1 Å². The molecule has 3 N–H and O–H groups in total. The largest absolute Gasteiger partial charge is 0.460 e. The van der Waals surface area contributed by atoms with Crippen LogP contribution in [0.15, 0.2) is 23.4 Å². The molecule has 23 heavy (non-hydrogen) atoms. The van der Waals surface area contributed by atoms with Crippen LogP contribution in [-0.4, -0.2) is 22.6 Å². The molecule has 128 valence electrons. The van der Waals surface area contributed by atoms with Gasteiger partial charge in [-0.05, 0) is 59.1 Å². The predicted molar refractivity (Wildman–Crippen MR) is 86.9 cm³/mol. The Labute approximate surface area is 136 Å². The van der Waals surface area contributed by atoms with Gasteiger partial charge in [-0.1, -0.05) is 17.3 Å². The molecule has 0 aromatic heterocycles. The number of halogens is 1. The molecule has 1 aromatic carbocycles. The normalized spacial score (nSPS) is 13.0. The number of nitrogens with two attached hydrogens (primary N) is 1. The summed E-state index contributed by atoms with van der Waals surface area (Å²) in [5, 5.41) is 11.4. The van der Waals surface area contributed by atoms with Crippen LogP contribution in [0.3, 0.4) is 0 Å². The second-order valence-electron chi connectivity index (χ2n) is 7.18. The molecule has 0 aliphatic carbocycles. The fourth-order valence-corrected chi connectivity index (χ4v) is 1.93. The number of oxime groups is 1. The van der Waals surface area contributed by atoms with Crippen molar-refractivity contribution in [2.45, 2.75) is 53.1 Å². The molecule has 0 saturated heterocycles. The number of ether oxygens (including phenoxy) is 1. The van der Waals surface area contributed by atoms with Gasteiger partial charge in [0, 0.05) is 5.56 Å². The highest BCUT2D eigenvalue weighted by Crippen LogP contribution is 2.28. The fraction of sp³-hybridized carbons (Fsp3) is 0.529. The Morgan fingerprint density at radius 1 is 1.30 bits per heavy atom. The molecule has 0 bridgehead atoms. The summed E-state index contributed by atoms with van der Waals surface area (Å²) in [5.74, 6) is -0.905. The third kappa shape index (κ3) is 5.54. The molecule has 0 spiro atoms. The minimum atomic E-state index is -0.718. The standard InChI is InChI=1S/C17H25FN2O3/c1-16(2,3)23-15(21)17(4,5)9-8-11-6-7-12(10-13(11)18)14(19)20-22/h6-7,10,22H,8-9H2,1-5H3,(H2,19,20). The maximum atomic E-state index is 14.1. The van der Waals surface area contributed by atoms with Gasteiger partial charge < -0.3 is 15.7 Å². The van der Waals surface area contributed by atoms with E-state index in [0.717, 1.165) is 0 Å². The van der Waals surface area contributed by atoms with Crippen LogP contribution in [0.4, 0.5) is 4.39 Å². The van der Waals surface area contributed by atoms with E-state index >= 15 is 0 Å². The number of nitrogens with zero attached hydrogens (tertiary/aromatic N) is 1. The highest BCUT2D eigenvalue weighted by Gasteiger charge is 2.32. The van der Waals surface area contributed by atoms with E-state index in [1.165, 1.54) is 6.07 Å². The van der Waals surface area contributed by atoms with E-state index in [9.17, 15) is 9.18 Å². The number of amidine groups is 1. The van der Waals surface area contributed by atoms with Crippen LogP contribution in [0.25, 0.3) is 0 Å². The molecule has 0 saturated carbocycles. The molecule has 0 unspecified atom stereocenters. The topological polar surface area (TPSA) is 84.9 Å². The van der Waals surface area contributed by atoms with Crippen LogP contribution in [-0.2, 0) is 16.0 Å². The van der Waals surface area contributed by atoms with E-state index in [0.29, 0.717) is 24.0 Å². The molecular formula is C17H25FN2O3. The lowest BCUT2D eigenvalue weighted by Crippen LogP contribution is -2.34. The van der Waals surface area contributed by atoms with Crippen LogP contribution in [0.2, 0.25) is 0 Å². The lowest BCUT2D eigenvalue weighted by molar-refractivity contribution is -0.166. The summed E-state index contributed by atoms with van der Waals surface area (Å²) in [6.07, 6.45) is 0.830. The van der Waals surface area contributed by atoms with Gasteiger partial charge in [-0.3, -0.25) is 4.79 Å². The number of aryl methyl sites for hydroxylation is 1. The molecule has 0 heterocycles. The summed E-state index contributed by atoms with van der Waals surface area (Å²) in [6, 6.07) is 4.37. The Balaban J connectivity index is 2.79. The molecule has 5 nitrogen and oxygen atoms in total. The number of hydrogen-bond acceptors (Lipinski definition) is 4. The van der Waals surface area contributed by atoms with Gasteiger partial charge in [-0.25, -0.2) is 4.39 Å². The first-order valence-corrected chi connectivity index (χ1v) is 7.46. The maximum Gasteiger partial charge on any atom is 0.312 e. The minimum Gasteiger partial charge on any atom is -0.460 e. The number of carbonyl (C=O) groups excluding carboxylic acids is 1. The molecule has 0 radical (unpaired) electrons. The molecule has 0 fully saturated rings. The summed E-state index contributed by atoms with van der Waals surface area (Å²) in [7, 11) is 0. The number of benzene rings is 1. The summed E-state index contributed by atoms with van der Waals surface area (Å²) in [5.41, 5.74) is 4.93. The first-order chi connectivity index (χ1) is 10.5. The molecule has 6 heteroatoms. The van der Waals surface area contributed by atoms with E-state index in [-0.39, 0.29) is 11.8 Å². The maximum absolute atomic E-state index is 14.1. The zero-order valence-corrected chi connectivity index (χ0v) is 14.3. The van der Waals surface area contributed by atoms with Crippen molar-refractivity contribution in [2.75, 3.05) is 0 Å². The summed E-state index contributed by atoms with van der Waals surface area (Å²) < 4.78 is 19.5. The minimum absolute atomic E-state index is 0.149. The third-order valence-electron chi connectivity index (χ3n) is 3.43. The highest BCUT2D eigenvalue weighted by molar-refractivity contribution is 5.97. The van der Waals surface area contributed by atoms with Crippen molar-refractivity contribution in [1.82, 2.24) is 0 Å². The van der Waals surface area contributed by atoms with Gasteiger partial charge in [0.15, 0.2) is 5.84 Å². The van der Waals surface area contributed by atoms with E-state index in [1.54, 1.807) is 26.0 Å². The Bertz CT molecular complexity index is 604. The van der Waals surface area contributed by atoms with Crippen molar-refractivity contribution in [2.24, 2.45) is 16.3 Å². The lowest BCUT2D eigenvalue weighted by Gasteiger charge is -2.28. The highest BCUT2D eigenvalue weighted by atomic mass is 19.1. The fourth-order valence-electron chi connectivity index (χ4n) is 1.93. The van der Waals surface area contributed by atoms with Gasteiger partial charge in [-0.15, -0.1) is 0 Å². The zero-order valence-electron chi connectivity index (χ0n) is 14.3. The van der Waals surface area contributed by atoms with E-state index in [1.807, 2.05) is 20.8 Å². The number of carbonyl (C=O) groups is 1. The van der Waals surface area contributed by atoms with Crippen molar-refractivity contribution >= 4 is 11.8 Å². The van der Waals surface area contributed by atoms with E-state index in [2.05, 4.69) is 5.16 Å². The third-order valence-corrected chi connectivity index (χ3v) is 3.43. The zero-order chi connectivity index (χ0) is 17.8. The van der Waals surface area contributed by atoms with Crippen LogP contribution >= 0.6 is 0 Å². The number of esters is 1. The van der Waals surface area contributed by atoms with Crippen LogP contribution < -0.4 is 5.73 Å². The average Bonchev–Trinajstić information content (AvgIpc) is 2.43. The number of rotatable bonds is 5. The van der Waals surface area contributed by atoms with Gasteiger partial charge in [0.25, 0.3) is 0 Å². The van der Waals surface area contributed by atoms with Gasteiger partial charge in [0.2, 0.25) is 0 Å². The van der Waals surface area contributed by atoms with Crippen molar-refractivity contribution in [3.8, 4) is 0 Å². The first kappa shape index (κ1) is 18.9. The second-order valence-corrected chi connectivity index (χ2v) is 7.18. The van der Waals surface area contributed by atoms with Crippen LogP contribution in [0.5, 0.6) is 0 Å². The first-order valence-electron chi connectivity index (χ1n) is 7.46. The predicted octanol–water partition coefficient (Wildman–Crippen LogP) is 3.22. The van der Waals surface area contributed by atoms with E-state index in [4.69, 9.17) is 15.7 Å². The monoisotopic (exact) mass is 324 g/mol. The molecule has 1 rings (SSSR count). The Kier molecular flexibility index (Phi) is 5.75. The summed E-state index contributed by atoms with van der Waals surface area (Å²) in [6.45, 7) is 9.00. The Hall–Kier alpha value is -2.11. The van der Waals surface area contributed by atoms with Crippen molar-refractivity contribution in [3.05, 3.63) is 35.1 Å². The van der Waals surface area contributed by atoms with Crippen molar-refractivity contribution in [3.63, 3.8) is 0 Å². The van der Waals surface area contributed by atoms with Crippen molar-refractivity contribution in [1.29, 1.82) is 0 Å². The lowest BCUT2D eigenvalue weighted by atomic mass is 9.86. The number of hydrogen-bond donors (Lipinski definition) is 2. The molecular weight excluding hydrogens is 299 g/mol. The van der Waals surface area contributed by atoms with Crippen LogP contribution in [0, 0.1) is 11.2 Å². The van der Waals surface area contributed by atoms with E-state index < -0.39 is 16.8 Å². The quantitative estimate of drug-likeness (QED) is 0.286. The smallest absolute Gasteiger partial charge is 0.312 e. The van der Waals surface area contributed by atoms with Crippen LogP contribution in [0.1, 0.15) is 52.2 Å². The SMILES string of the molecule is CC(C)(C)OC(=O)C(C)(C)CCc1ccc(/C(N)=N/O)cc1F. The second kappa shape index (κ2) is 6.98. The average molecular weight is 324 g/mol. The van der Waals surface area contributed by atoms with Gasteiger partial charge in [0.1, 0.15) is 11.4 Å². The Morgan fingerprint density at radius 3 is 2.39 bits per heavy atom. The molecule has 0 amide bonds. The molecule has 0 aliphatic heterocycles. The van der Waals surface area contributed by atoms with Gasteiger partial charge in [0.05, 0.1) is 5.41 Å². The molecule has 1 aromatic rings. The molecule has 0 aliphatic rings. The van der Waals surface area contributed by atoms with Gasteiger partial charge >= 0.3 is 5.97 Å². The molecule has 0 atom stereocenters.